The van der Waals surface area contributed by atoms with Gasteiger partial charge in [-0.3, -0.25) is 10.1 Å². The summed E-state index contributed by atoms with van der Waals surface area (Å²) in [5, 5.41) is 30.8. The first-order valence-electron chi connectivity index (χ1n) is 5.90. The first-order chi connectivity index (χ1) is 8.79. The van der Waals surface area contributed by atoms with Crippen molar-refractivity contribution < 1.29 is 15.1 Å². The lowest BCUT2D eigenvalue weighted by Gasteiger charge is -2.24. The van der Waals surface area contributed by atoms with E-state index < -0.39 is 28.5 Å². The summed E-state index contributed by atoms with van der Waals surface area (Å²) < 4.78 is 0.429. The minimum atomic E-state index is -0.884. The van der Waals surface area contributed by atoms with Crippen molar-refractivity contribution in [2.75, 3.05) is 0 Å². The number of hydrogen-bond acceptors (Lipinski definition) is 5. The molecule has 114 valence electrons. The van der Waals surface area contributed by atoms with E-state index in [1.165, 1.54) is 12.1 Å². The number of aliphatic hydroxyl groups excluding tert-OH is 1. The van der Waals surface area contributed by atoms with E-state index >= 15 is 0 Å². The number of benzene rings is 1. The van der Waals surface area contributed by atoms with E-state index in [-0.39, 0.29) is 23.9 Å². The van der Waals surface area contributed by atoms with Crippen molar-refractivity contribution in [3.05, 3.63) is 32.3 Å². The number of rotatable bonds is 5. The second-order valence-corrected chi connectivity index (χ2v) is 5.44. The van der Waals surface area contributed by atoms with E-state index in [2.05, 4.69) is 15.9 Å². The van der Waals surface area contributed by atoms with Gasteiger partial charge in [-0.2, -0.15) is 0 Å². The van der Waals surface area contributed by atoms with E-state index in [9.17, 15) is 20.3 Å². The van der Waals surface area contributed by atoms with E-state index in [0.29, 0.717) is 10.9 Å². The second-order valence-electron chi connectivity index (χ2n) is 4.52. The van der Waals surface area contributed by atoms with E-state index in [1.54, 1.807) is 0 Å². The van der Waals surface area contributed by atoms with Gasteiger partial charge in [-0.05, 0) is 12.0 Å². The standard InChI is InChI=1S/C12H17BrN2O4.ClH/c1-3-6(2)11(16)10(14)8-4-7(13)5-9(12(8)17)15(18)19;/h4-6,10-11,16-17H,3,14H2,1-2H3;1H/t6?,10-,11+;/m1./s1. The fraction of sp³-hybridized carbons (Fsp3) is 0.500. The number of nitrogens with zero attached hydrogens (tertiary/aromatic N) is 1. The minimum Gasteiger partial charge on any atom is -0.502 e. The van der Waals surface area contributed by atoms with Crippen LogP contribution in [0.4, 0.5) is 5.69 Å². The van der Waals surface area contributed by atoms with Crippen LogP contribution in [0.15, 0.2) is 16.6 Å². The third-order valence-electron chi connectivity index (χ3n) is 3.23. The first-order valence-corrected chi connectivity index (χ1v) is 6.69. The van der Waals surface area contributed by atoms with Crippen molar-refractivity contribution in [2.45, 2.75) is 32.4 Å². The molecule has 0 aliphatic carbocycles. The molecule has 0 saturated carbocycles. The Hall–Kier alpha value is -0.890. The van der Waals surface area contributed by atoms with Gasteiger partial charge in [0.15, 0.2) is 5.75 Å². The van der Waals surface area contributed by atoms with Crippen molar-refractivity contribution >= 4 is 34.0 Å². The summed E-state index contributed by atoms with van der Waals surface area (Å²) in [6.45, 7) is 3.73. The van der Waals surface area contributed by atoms with Gasteiger partial charge in [0.05, 0.1) is 17.1 Å². The summed E-state index contributed by atoms with van der Waals surface area (Å²) in [6.07, 6.45) is -0.170. The molecule has 4 N–H and O–H groups in total. The smallest absolute Gasteiger partial charge is 0.312 e. The van der Waals surface area contributed by atoms with Crippen LogP contribution in [0.3, 0.4) is 0 Å². The number of aromatic hydroxyl groups is 1. The monoisotopic (exact) mass is 368 g/mol. The predicted octanol–water partition coefficient (Wildman–Crippen LogP) is 2.89. The molecule has 1 unspecified atom stereocenters. The molecule has 6 nitrogen and oxygen atoms in total. The molecule has 20 heavy (non-hydrogen) atoms. The summed E-state index contributed by atoms with van der Waals surface area (Å²) in [7, 11) is 0. The summed E-state index contributed by atoms with van der Waals surface area (Å²) in [4.78, 5) is 10.1. The van der Waals surface area contributed by atoms with Gasteiger partial charge >= 0.3 is 5.69 Å². The molecule has 0 saturated heterocycles. The van der Waals surface area contributed by atoms with Gasteiger partial charge in [-0.15, -0.1) is 12.4 Å². The van der Waals surface area contributed by atoms with Crippen LogP contribution in [0.5, 0.6) is 5.75 Å². The van der Waals surface area contributed by atoms with Gasteiger partial charge < -0.3 is 15.9 Å². The van der Waals surface area contributed by atoms with Crippen LogP contribution in [0.1, 0.15) is 31.9 Å². The molecule has 1 aromatic rings. The molecule has 0 heterocycles. The number of halogens is 2. The molecule has 1 aromatic carbocycles. The number of aliphatic hydroxyl groups is 1. The normalized spacial score (nSPS) is 15.1. The van der Waals surface area contributed by atoms with E-state index in [4.69, 9.17) is 5.73 Å². The third kappa shape index (κ3) is 4.05. The summed E-state index contributed by atoms with van der Waals surface area (Å²) in [6, 6.07) is 1.80. The Morgan fingerprint density at radius 3 is 2.50 bits per heavy atom. The molecule has 3 atom stereocenters. The van der Waals surface area contributed by atoms with Crippen LogP contribution in [0, 0.1) is 16.0 Å². The van der Waals surface area contributed by atoms with Crippen LogP contribution in [-0.2, 0) is 0 Å². The second kappa shape index (κ2) is 7.78. The molecule has 0 aromatic heterocycles. The summed E-state index contributed by atoms with van der Waals surface area (Å²) in [5.41, 5.74) is 5.63. The number of nitrogens with two attached hydrogens (primary N) is 1. The van der Waals surface area contributed by atoms with Crippen molar-refractivity contribution in [3.63, 3.8) is 0 Å². The topological polar surface area (TPSA) is 110 Å². The Labute approximate surface area is 131 Å². The van der Waals surface area contributed by atoms with Gasteiger partial charge in [0.1, 0.15) is 0 Å². The van der Waals surface area contributed by atoms with Gasteiger partial charge in [0, 0.05) is 16.1 Å². The van der Waals surface area contributed by atoms with E-state index in [1.807, 2.05) is 13.8 Å². The molecule has 0 radical (unpaired) electrons. The molecule has 0 fully saturated rings. The van der Waals surface area contributed by atoms with Crippen LogP contribution in [-0.4, -0.2) is 21.2 Å². The number of hydrogen-bond donors (Lipinski definition) is 3. The van der Waals surface area contributed by atoms with Crippen LogP contribution < -0.4 is 5.73 Å². The Morgan fingerprint density at radius 2 is 2.05 bits per heavy atom. The maximum atomic E-state index is 10.8. The van der Waals surface area contributed by atoms with E-state index in [0.717, 1.165) is 0 Å². The highest BCUT2D eigenvalue weighted by molar-refractivity contribution is 9.10. The van der Waals surface area contributed by atoms with Crippen molar-refractivity contribution in [1.82, 2.24) is 0 Å². The lowest BCUT2D eigenvalue weighted by Crippen LogP contribution is -2.31. The largest absolute Gasteiger partial charge is 0.502 e. The molecular weight excluding hydrogens is 351 g/mol. The van der Waals surface area contributed by atoms with Crippen molar-refractivity contribution in [2.24, 2.45) is 11.7 Å². The molecule has 8 heteroatoms. The number of phenolic OH excluding ortho intramolecular Hbond substituents is 1. The average molecular weight is 370 g/mol. The molecular formula is C12H18BrClN2O4. The Balaban J connectivity index is 0.00000361. The highest BCUT2D eigenvalue weighted by atomic mass is 79.9. The van der Waals surface area contributed by atoms with Crippen molar-refractivity contribution in [1.29, 1.82) is 0 Å². The zero-order chi connectivity index (χ0) is 14.7. The molecule has 0 amide bonds. The number of phenols is 1. The molecule has 0 spiro atoms. The SMILES string of the molecule is CCC(C)[C@H](O)[C@H](N)c1cc(Br)cc([N+](=O)[O-])c1O.Cl. The Morgan fingerprint density at radius 1 is 1.50 bits per heavy atom. The zero-order valence-corrected chi connectivity index (χ0v) is 13.5. The van der Waals surface area contributed by atoms with Crippen LogP contribution in [0.2, 0.25) is 0 Å². The Bertz CT molecular complexity index is 487. The van der Waals surface area contributed by atoms with Gasteiger partial charge in [0.2, 0.25) is 0 Å². The Kier molecular flexibility index (Phi) is 7.43. The maximum Gasteiger partial charge on any atom is 0.312 e. The van der Waals surface area contributed by atoms with Crippen LogP contribution >= 0.6 is 28.3 Å². The zero-order valence-electron chi connectivity index (χ0n) is 11.1. The maximum absolute atomic E-state index is 10.8. The van der Waals surface area contributed by atoms with Crippen LogP contribution in [0.25, 0.3) is 0 Å². The number of nitro benzene ring substituents is 1. The first kappa shape index (κ1) is 19.1. The summed E-state index contributed by atoms with van der Waals surface area (Å²) in [5.74, 6) is -0.574. The highest BCUT2D eigenvalue weighted by Gasteiger charge is 2.28. The quantitative estimate of drug-likeness (QED) is 0.546. The van der Waals surface area contributed by atoms with Crippen molar-refractivity contribution in [3.8, 4) is 5.75 Å². The predicted molar refractivity (Wildman–Crippen MR) is 82.1 cm³/mol. The average Bonchev–Trinajstić information content (AvgIpc) is 2.37. The fourth-order valence-electron chi connectivity index (χ4n) is 1.78. The van der Waals surface area contributed by atoms with Gasteiger partial charge in [-0.1, -0.05) is 36.2 Å². The molecule has 1 rings (SSSR count). The highest BCUT2D eigenvalue weighted by Crippen LogP contribution is 2.38. The lowest BCUT2D eigenvalue weighted by atomic mass is 9.91. The lowest BCUT2D eigenvalue weighted by molar-refractivity contribution is -0.386. The minimum absolute atomic E-state index is 0. The molecule has 0 bridgehead atoms. The molecule has 0 aliphatic rings. The number of nitro groups is 1. The summed E-state index contributed by atoms with van der Waals surface area (Å²) >= 11 is 3.13. The van der Waals surface area contributed by atoms with Gasteiger partial charge in [0.25, 0.3) is 0 Å². The van der Waals surface area contributed by atoms with Gasteiger partial charge in [-0.25, -0.2) is 0 Å². The third-order valence-corrected chi connectivity index (χ3v) is 3.69. The fourth-order valence-corrected chi connectivity index (χ4v) is 2.24. The molecule has 0 aliphatic heterocycles.